The number of carbonyl (C=O) groups excluding carboxylic acids is 1. The summed E-state index contributed by atoms with van der Waals surface area (Å²) in [7, 11) is 0. The van der Waals surface area contributed by atoms with Crippen LogP contribution in [0.5, 0.6) is 0 Å². The van der Waals surface area contributed by atoms with Gasteiger partial charge in [-0.05, 0) is 89.7 Å². The molecule has 0 aliphatic carbocycles. The molecule has 1 atom stereocenters. The number of piperidine rings is 2. The number of benzene rings is 1. The molecule has 5 nitrogen and oxygen atoms in total. The van der Waals surface area contributed by atoms with Crippen LogP contribution in [-0.4, -0.2) is 73.7 Å². The lowest BCUT2D eigenvalue weighted by atomic mass is 9.92. The minimum atomic E-state index is 0.196. The van der Waals surface area contributed by atoms with E-state index in [0.717, 1.165) is 45.4 Å². The summed E-state index contributed by atoms with van der Waals surface area (Å²) in [5.41, 5.74) is 1.45. The molecule has 0 spiro atoms. The average molecular weight is 414 g/mol. The summed E-state index contributed by atoms with van der Waals surface area (Å²) in [5, 5.41) is 3.23. The van der Waals surface area contributed by atoms with Gasteiger partial charge < -0.3 is 19.9 Å². The predicted octanol–water partition coefficient (Wildman–Crippen LogP) is 3.09. The summed E-state index contributed by atoms with van der Waals surface area (Å²) in [5.74, 6) is 0.458. The number of ether oxygens (including phenoxy) is 1. The lowest BCUT2D eigenvalue weighted by Crippen LogP contribution is -2.50. The quantitative estimate of drug-likeness (QED) is 0.746. The zero-order valence-corrected chi connectivity index (χ0v) is 18.4. The Balaban J connectivity index is 1.11. The van der Waals surface area contributed by atoms with Gasteiger partial charge in [-0.2, -0.15) is 0 Å². The van der Waals surface area contributed by atoms with E-state index in [0.29, 0.717) is 12.6 Å². The van der Waals surface area contributed by atoms with Crippen LogP contribution in [0.2, 0.25) is 0 Å². The number of nitrogens with one attached hydrogen (secondary N) is 1. The number of hydrogen-bond acceptors (Lipinski definition) is 4. The van der Waals surface area contributed by atoms with Crippen molar-refractivity contribution in [2.75, 3.05) is 45.9 Å². The van der Waals surface area contributed by atoms with Gasteiger partial charge in [0.1, 0.15) is 0 Å². The second kappa shape index (κ2) is 11.3. The molecule has 1 amide bonds. The van der Waals surface area contributed by atoms with Gasteiger partial charge in [-0.3, -0.25) is 4.79 Å². The van der Waals surface area contributed by atoms with E-state index in [1.807, 2.05) is 0 Å². The van der Waals surface area contributed by atoms with Crippen LogP contribution >= 0.6 is 0 Å². The third-order valence-electron chi connectivity index (χ3n) is 7.26. The number of hydrogen-bond donors (Lipinski definition) is 1. The van der Waals surface area contributed by atoms with Gasteiger partial charge in [0, 0.05) is 18.6 Å². The molecule has 166 valence electrons. The topological polar surface area (TPSA) is 44.8 Å². The molecule has 1 N–H and O–H groups in total. The molecule has 0 aromatic heterocycles. The van der Waals surface area contributed by atoms with Crippen molar-refractivity contribution in [1.29, 1.82) is 0 Å². The van der Waals surface area contributed by atoms with E-state index >= 15 is 0 Å². The zero-order valence-electron chi connectivity index (χ0n) is 18.4. The largest absolute Gasteiger partial charge is 0.379 e. The molecular weight excluding hydrogens is 374 g/mol. The second-order valence-electron chi connectivity index (χ2n) is 9.39. The highest BCUT2D eigenvalue weighted by atomic mass is 16.5. The fourth-order valence-electron chi connectivity index (χ4n) is 5.36. The maximum Gasteiger partial charge on any atom is 0.223 e. The molecule has 3 saturated heterocycles. The molecule has 3 heterocycles. The van der Waals surface area contributed by atoms with Crippen molar-refractivity contribution < 1.29 is 9.53 Å². The van der Waals surface area contributed by atoms with Crippen molar-refractivity contribution in [2.45, 2.75) is 63.5 Å². The maximum atomic E-state index is 12.6. The highest BCUT2D eigenvalue weighted by molar-refractivity contribution is 5.79. The van der Waals surface area contributed by atoms with Crippen LogP contribution in [0.1, 0.15) is 50.5 Å². The van der Waals surface area contributed by atoms with E-state index in [1.54, 1.807) is 0 Å². The first-order chi connectivity index (χ1) is 14.8. The van der Waals surface area contributed by atoms with Crippen LogP contribution in [0.15, 0.2) is 30.3 Å². The number of carbonyl (C=O) groups is 1. The third kappa shape index (κ3) is 6.29. The van der Waals surface area contributed by atoms with Gasteiger partial charge in [0.05, 0.1) is 12.6 Å². The first-order valence-corrected chi connectivity index (χ1v) is 12.2. The summed E-state index contributed by atoms with van der Waals surface area (Å²) in [6.45, 7) is 7.36. The maximum absolute atomic E-state index is 12.6. The van der Waals surface area contributed by atoms with Crippen LogP contribution in [0.25, 0.3) is 0 Å². The van der Waals surface area contributed by atoms with E-state index in [-0.39, 0.29) is 17.9 Å². The zero-order chi connectivity index (χ0) is 20.6. The number of aryl methyl sites for hydroxylation is 1. The first kappa shape index (κ1) is 21.8. The molecule has 5 heteroatoms. The summed E-state index contributed by atoms with van der Waals surface area (Å²) >= 11 is 0. The highest BCUT2D eigenvalue weighted by Crippen LogP contribution is 2.24. The Morgan fingerprint density at radius 1 is 1.00 bits per heavy atom. The Labute approximate surface area is 182 Å². The van der Waals surface area contributed by atoms with E-state index < -0.39 is 0 Å². The standard InChI is InChI=1S/C25H39N3O2/c29-25(26-23-9-5-19-30-20-23)22-10-17-28(18-11-22)24-12-15-27(16-13-24)14-4-8-21-6-2-1-3-7-21/h1-3,6-7,22-24H,4-5,8-20H2,(H,26,29)/t23-/m0/s1. The Bertz CT molecular complexity index is 631. The molecule has 30 heavy (non-hydrogen) atoms. The molecule has 3 fully saturated rings. The summed E-state index contributed by atoms with van der Waals surface area (Å²) in [4.78, 5) is 17.9. The third-order valence-corrected chi connectivity index (χ3v) is 7.26. The number of nitrogens with zero attached hydrogens (tertiary/aromatic N) is 2. The fraction of sp³-hybridized carbons (Fsp3) is 0.720. The van der Waals surface area contributed by atoms with Gasteiger partial charge in [-0.1, -0.05) is 30.3 Å². The Kier molecular flexibility index (Phi) is 8.18. The van der Waals surface area contributed by atoms with Crippen LogP contribution in [0.3, 0.4) is 0 Å². The van der Waals surface area contributed by atoms with Crippen LogP contribution in [-0.2, 0) is 16.0 Å². The lowest BCUT2D eigenvalue weighted by molar-refractivity contribution is -0.128. The molecule has 4 rings (SSSR count). The van der Waals surface area contributed by atoms with Crippen molar-refractivity contribution in [3.8, 4) is 0 Å². The Morgan fingerprint density at radius 3 is 2.47 bits per heavy atom. The van der Waals surface area contributed by atoms with Crippen LogP contribution < -0.4 is 5.32 Å². The molecule has 0 radical (unpaired) electrons. The van der Waals surface area contributed by atoms with E-state index in [4.69, 9.17) is 4.74 Å². The fourth-order valence-corrected chi connectivity index (χ4v) is 5.36. The van der Waals surface area contributed by atoms with E-state index in [1.165, 1.54) is 50.9 Å². The van der Waals surface area contributed by atoms with Gasteiger partial charge in [-0.25, -0.2) is 0 Å². The lowest BCUT2D eigenvalue weighted by Gasteiger charge is -2.41. The van der Waals surface area contributed by atoms with Gasteiger partial charge in [-0.15, -0.1) is 0 Å². The Morgan fingerprint density at radius 2 is 1.77 bits per heavy atom. The van der Waals surface area contributed by atoms with Crippen molar-refractivity contribution in [2.24, 2.45) is 5.92 Å². The predicted molar refractivity (Wildman–Crippen MR) is 121 cm³/mol. The van der Waals surface area contributed by atoms with Crippen molar-refractivity contribution in [3.63, 3.8) is 0 Å². The van der Waals surface area contributed by atoms with Gasteiger partial charge >= 0.3 is 0 Å². The average Bonchev–Trinajstić information content (AvgIpc) is 2.81. The van der Waals surface area contributed by atoms with Crippen molar-refractivity contribution in [3.05, 3.63) is 35.9 Å². The first-order valence-electron chi connectivity index (χ1n) is 12.2. The highest BCUT2D eigenvalue weighted by Gasteiger charge is 2.31. The SMILES string of the molecule is O=C(N[C@H]1CCCOC1)C1CCN(C2CCN(CCCc3ccccc3)CC2)CC1. The smallest absolute Gasteiger partial charge is 0.223 e. The molecule has 0 saturated carbocycles. The van der Waals surface area contributed by atoms with Gasteiger partial charge in [0.25, 0.3) is 0 Å². The molecule has 3 aliphatic heterocycles. The monoisotopic (exact) mass is 413 g/mol. The minimum absolute atomic E-state index is 0.196. The van der Waals surface area contributed by atoms with Crippen molar-refractivity contribution >= 4 is 5.91 Å². The Hall–Kier alpha value is -1.43. The van der Waals surface area contributed by atoms with Crippen LogP contribution in [0, 0.1) is 5.92 Å². The molecule has 0 unspecified atom stereocenters. The van der Waals surface area contributed by atoms with Crippen molar-refractivity contribution in [1.82, 2.24) is 15.1 Å². The van der Waals surface area contributed by atoms with E-state index in [9.17, 15) is 4.79 Å². The molecule has 1 aromatic carbocycles. The summed E-state index contributed by atoms with van der Waals surface area (Å²) in [6.07, 6.45) is 9.14. The second-order valence-corrected chi connectivity index (χ2v) is 9.39. The number of likely N-dealkylation sites (tertiary alicyclic amines) is 2. The molecular formula is C25H39N3O2. The minimum Gasteiger partial charge on any atom is -0.379 e. The molecule has 0 bridgehead atoms. The summed E-state index contributed by atoms with van der Waals surface area (Å²) in [6, 6.07) is 11.8. The van der Waals surface area contributed by atoms with Gasteiger partial charge in [0.2, 0.25) is 5.91 Å². The normalized spacial score (nSPS) is 25.3. The molecule has 1 aromatic rings. The number of amides is 1. The number of rotatable bonds is 7. The van der Waals surface area contributed by atoms with E-state index in [2.05, 4.69) is 45.4 Å². The molecule has 3 aliphatic rings. The van der Waals surface area contributed by atoms with Gasteiger partial charge in [0.15, 0.2) is 0 Å². The van der Waals surface area contributed by atoms with Crippen LogP contribution in [0.4, 0.5) is 0 Å². The summed E-state index contributed by atoms with van der Waals surface area (Å²) < 4.78 is 5.50.